The smallest absolute Gasteiger partial charge is 0.249 e. The molecule has 0 saturated carbocycles. The number of hydrogen-bond donors (Lipinski definition) is 1. The van der Waals surface area contributed by atoms with E-state index in [1.807, 2.05) is 4.90 Å². The summed E-state index contributed by atoms with van der Waals surface area (Å²) in [6.07, 6.45) is 1.61. The van der Waals surface area contributed by atoms with E-state index >= 15 is 0 Å². The van der Waals surface area contributed by atoms with Crippen molar-refractivity contribution in [2.45, 2.75) is 6.92 Å². The highest BCUT2D eigenvalue weighted by molar-refractivity contribution is 5.95. The number of Topliss-reactive ketones (excluding diaryl/α,β-unsaturated/α-hetero) is 1. The fraction of sp³-hybridized carbons (Fsp3) is 0.300. The SMILES string of the molecule is CC(=O)c1ccc(F)c(-c2ccc3nc(NC(=O)CN4CCOCC4)nn3c2)c1. The average Bonchev–Trinajstić information content (AvgIpc) is 3.10. The molecule has 29 heavy (non-hydrogen) atoms. The molecule has 2 aromatic heterocycles. The summed E-state index contributed by atoms with van der Waals surface area (Å²) in [5.41, 5.74) is 1.79. The van der Waals surface area contributed by atoms with E-state index < -0.39 is 5.82 Å². The number of anilines is 1. The molecule has 1 aliphatic rings. The van der Waals surface area contributed by atoms with E-state index in [0.29, 0.717) is 48.6 Å². The first-order valence-electron chi connectivity index (χ1n) is 9.27. The summed E-state index contributed by atoms with van der Waals surface area (Å²) < 4.78 is 21.0. The number of benzene rings is 1. The zero-order valence-corrected chi connectivity index (χ0v) is 15.9. The van der Waals surface area contributed by atoms with Crippen LogP contribution in [0.2, 0.25) is 0 Å². The standard InChI is InChI=1S/C20H20FN5O3/c1-13(27)14-2-4-17(21)16(10-14)15-3-5-18-22-20(24-26(18)11-15)23-19(28)12-25-6-8-29-9-7-25/h2-5,10-11H,6-9,12H2,1H3,(H,23,24,28). The van der Waals surface area contributed by atoms with Gasteiger partial charge in [-0.2, -0.15) is 4.98 Å². The Balaban J connectivity index is 1.54. The van der Waals surface area contributed by atoms with E-state index in [1.165, 1.54) is 29.6 Å². The predicted molar refractivity (Wildman–Crippen MR) is 104 cm³/mol. The topological polar surface area (TPSA) is 88.8 Å². The molecule has 1 amide bonds. The third-order valence-electron chi connectivity index (χ3n) is 4.74. The van der Waals surface area contributed by atoms with Gasteiger partial charge in [-0.25, -0.2) is 8.91 Å². The van der Waals surface area contributed by atoms with Crippen LogP contribution in [0.3, 0.4) is 0 Å². The summed E-state index contributed by atoms with van der Waals surface area (Å²) in [5.74, 6) is -0.603. The second-order valence-corrected chi connectivity index (χ2v) is 6.84. The number of nitrogens with zero attached hydrogens (tertiary/aromatic N) is 4. The fourth-order valence-electron chi connectivity index (χ4n) is 3.19. The first kappa shape index (κ1) is 19.2. The maximum absolute atomic E-state index is 14.3. The number of ketones is 1. The number of hydrogen-bond acceptors (Lipinski definition) is 6. The van der Waals surface area contributed by atoms with Crippen molar-refractivity contribution in [3.63, 3.8) is 0 Å². The van der Waals surface area contributed by atoms with Crippen LogP contribution in [0.25, 0.3) is 16.8 Å². The predicted octanol–water partition coefficient (Wildman–Crippen LogP) is 2.01. The highest BCUT2D eigenvalue weighted by Gasteiger charge is 2.16. The Labute approximate surface area is 166 Å². The number of ether oxygens (including phenoxy) is 1. The molecule has 0 aliphatic carbocycles. The van der Waals surface area contributed by atoms with Crippen molar-refractivity contribution in [1.29, 1.82) is 0 Å². The van der Waals surface area contributed by atoms with Crippen LogP contribution in [0.4, 0.5) is 10.3 Å². The molecule has 0 atom stereocenters. The van der Waals surface area contributed by atoms with Crippen molar-refractivity contribution in [2.75, 3.05) is 38.2 Å². The molecule has 0 unspecified atom stereocenters. The van der Waals surface area contributed by atoms with E-state index in [4.69, 9.17) is 4.74 Å². The van der Waals surface area contributed by atoms with Gasteiger partial charge in [0.25, 0.3) is 0 Å². The van der Waals surface area contributed by atoms with Gasteiger partial charge in [-0.1, -0.05) is 0 Å². The first-order valence-corrected chi connectivity index (χ1v) is 9.27. The van der Waals surface area contributed by atoms with Gasteiger partial charge in [-0.05, 0) is 37.3 Å². The lowest BCUT2D eigenvalue weighted by molar-refractivity contribution is -0.118. The van der Waals surface area contributed by atoms with Crippen LogP contribution in [0.15, 0.2) is 36.5 Å². The molecule has 0 bridgehead atoms. The highest BCUT2D eigenvalue weighted by Crippen LogP contribution is 2.25. The number of morpholine rings is 1. The Bertz CT molecular complexity index is 1080. The summed E-state index contributed by atoms with van der Waals surface area (Å²) in [5, 5.41) is 6.95. The lowest BCUT2D eigenvalue weighted by Crippen LogP contribution is -2.41. The second kappa shape index (κ2) is 8.06. The third kappa shape index (κ3) is 4.30. The minimum Gasteiger partial charge on any atom is -0.379 e. The molecule has 4 rings (SSSR count). The number of amides is 1. The minimum absolute atomic E-state index is 0.140. The third-order valence-corrected chi connectivity index (χ3v) is 4.74. The lowest BCUT2D eigenvalue weighted by Gasteiger charge is -2.25. The van der Waals surface area contributed by atoms with E-state index in [9.17, 15) is 14.0 Å². The number of fused-ring (bicyclic) bond motifs is 1. The van der Waals surface area contributed by atoms with Crippen molar-refractivity contribution in [3.05, 3.63) is 47.9 Å². The van der Waals surface area contributed by atoms with Crippen LogP contribution in [0, 0.1) is 5.82 Å². The number of carbonyl (C=O) groups is 2. The molecule has 1 aliphatic heterocycles. The largest absolute Gasteiger partial charge is 0.379 e. The van der Waals surface area contributed by atoms with Crippen molar-refractivity contribution in [3.8, 4) is 11.1 Å². The maximum Gasteiger partial charge on any atom is 0.249 e. The molecule has 0 radical (unpaired) electrons. The van der Waals surface area contributed by atoms with Crippen LogP contribution >= 0.6 is 0 Å². The van der Waals surface area contributed by atoms with Gasteiger partial charge in [0.2, 0.25) is 11.9 Å². The Hall–Kier alpha value is -3.17. The van der Waals surface area contributed by atoms with Gasteiger partial charge in [0.1, 0.15) is 5.82 Å². The van der Waals surface area contributed by atoms with Crippen molar-refractivity contribution in [2.24, 2.45) is 0 Å². The van der Waals surface area contributed by atoms with Crippen LogP contribution in [0.1, 0.15) is 17.3 Å². The molecule has 1 aromatic carbocycles. The summed E-state index contributed by atoms with van der Waals surface area (Å²) in [7, 11) is 0. The summed E-state index contributed by atoms with van der Waals surface area (Å²) >= 11 is 0. The van der Waals surface area contributed by atoms with Crippen molar-refractivity contribution < 1.29 is 18.7 Å². The van der Waals surface area contributed by atoms with Crippen LogP contribution < -0.4 is 5.32 Å². The van der Waals surface area contributed by atoms with E-state index in [0.717, 1.165) is 0 Å². The number of pyridine rings is 1. The molecular formula is C20H20FN5O3. The average molecular weight is 397 g/mol. The van der Waals surface area contributed by atoms with Gasteiger partial charge >= 0.3 is 0 Å². The highest BCUT2D eigenvalue weighted by atomic mass is 19.1. The van der Waals surface area contributed by atoms with Gasteiger partial charge in [0, 0.05) is 36.0 Å². The molecular weight excluding hydrogens is 377 g/mol. The zero-order valence-electron chi connectivity index (χ0n) is 15.9. The maximum atomic E-state index is 14.3. The zero-order chi connectivity index (χ0) is 20.4. The van der Waals surface area contributed by atoms with Crippen LogP contribution in [-0.4, -0.2) is 64.0 Å². The molecule has 8 nitrogen and oxygen atoms in total. The molecule has 9 heteroatoms. The second-order valence-electron chi connectivity index (χ2n) is 6.84. The lowest BCUT2D eigenvalue weighted by atomic mass is 10.0. The summed E-state index contributed by atoms with van der Waals surface area (Å²) in [6.45, 7) is 4.32. The van der Waals surface area contributed by atoms with Gasteiger partial charge in [-0.3, -0.25) is 19.8 Å². The molecule has 1 saturated heterocycles. The summed E-state index contributed by atoms with van der Waals surface area (Å²) in [6, 6.07) is 7.62. The first-order chi connectivity index (χ1) is 14.0. The Kier molecular flexibility index (Phi) is 5.32. The Morgan fingerprint density at radius 2 is 2.00 bits per heavy atom. The molecule has 1 N–H and O–H groups in total. The minimum atomic E-state index is -0.437. The number of carbonyl (C=O) groups excluding carboxylic acids is 2. The Morgan fingerprint density at radius 1 is 1.21 bits per heavy atom. The number of nitrogens with one attached hydrogen (secondary N) is 1. The van der Waals surface area contributed by atoms with Gasteiger partial charge in [0.05, 0.1) is 19.8 Å². The van der Waals surface area contributed by atoms with E-state index in [1.54, 1.807) is 18.3 Å². The van der Waals surface area contributed by atoms with Gasteiger partial charge in [-0.15, -0.1) is 5.10 Å². The van der Waals surface area contributed by atoms with Gasteiger partial charge < -0.3 is 4.74 Å². The van der Waals surface area contributed by atoms with E-state index in [2.05, 4.69) is 15.4 Å². The molecule has 3 aromatic rings. The van der Waals surface area contributed by atoms with Crippen LogP contribution in [-0.2, 0) is 9.53 Å². The monoisotopic (exact) mass is 397 g/mol. The number of halogens is 1. The Morgan fingerprint density at radius 3 is 2.76 bits per heavy atom. The molecule has 150 valence electrons. The quantitative estimate of drug-likeness (QED) is 0.663. The van der Waals surface area contributed by atoms with E-state index in [-0.39, 0.29) is 24.2 Å². The molecule has 1 fully saturated rings. The number of rotatable bonds is 5. The normalized spacial score (nSPS) is 14.8. The van der Waals surface area contributed by atoms with Crippen LogP contribution in [0.5, 0.6) is 0 Å². The van der Waals surface area contributed by atoms with Crippen molar-refractivity contribution in [1.82, 2.24) is 19.5 Å². The number of aromatic nitrogens is 3. The molecule has 3 heterocycles. The fourth-order valence-corrected chi connectivity index (χ4v) is 3.19. The molecule has 0 spiro atoms. The van der Waals surface area contributed by atoms with Gasteiger partial charge in [0.15, 0.2) is 11.4 Å². The van der Waals surface area contributed by atoms with Crippen molar-refractivity contribution >= 4 is 23.3 Å². The summed E-state index contributed by atoms with van der Waals surface area (Å²) in [4.78, 5) is 30.1.